The fraction of sp³-hybridized carbons (Fsp3) is 0.174. The van der Waals surface area contributed by atoms with Crippen molar-refractivity contribution in [1.29, 1.82) is 0 Å². The van der Waals surface area contributed by atoms with Gasteiger partial charge in [-0.25, -0.2) is 0 Å². The van der Waals surface area contributed by atoms with E-state index in [1.165, 1.54) is 17.8 Å². The van der Waals surface area contributed by atoms with Crippen LogP contribution in [0.3, 0.4) is 0 Å². The van der Waals surface area contributed by atoms with Crippen molar-refractivity contribution < 1.29 is 18.0 Å². The van der Waals surface area contributed by atoms with Gasteiger partial charge in [-0.15, -0.1) is 11.8 Å². The van der Waals surface area contributed by atoms with E-state index in [4.69, 9.17) is 0 Å². The third-order valence-electron chi connectivity index (χ3n) is 4.89. The number of nitrogens with zero attached hydrogens (tertiary/aromatic N) is 1. The topological polar surface area (TPSA) is 20.3 Å². The molecule has 1 aliphatic rings. The molecule has 4 rings (SSSR count). The predicted molar refractivity (Wildman–Crippen MR) is 110 cm³/mol. The zero-order chi connectivity index (χ0) is 20.4. The standard InChI is InChI=1S/C23H18F3NOS/c24-23(25,26)20-8-4-7-19(15-20)22-27(13-14-29-22)21(28)18-11-9-17(10-12-18)16-5-2-1-3-6-16/h1-12,15,22H,13-14H2/t22-/m1/s1. The number of carbonyl (C=O) groups excluding carboxylic acids is 1. The molecule has 1 amide bonds. The zero-order valence-electron chi connectivity index (χ0n) is 15.4. The zero-order valence-corrected chi connectivity index (χ0v) is 16.2. The van der Waals surface area contributed by atoms with Crippen LogP contribution in [0, 0.1) is 0 Å². The van der Waals surface area contributed by atoms with Crippen molar-refractivity contribution in [1.82, 2.24) is 4.90 Å². The lowest BCUT2D eigenvalue weighted by Gasteiger charge is -2.25. The van der Waals surface area contributed by atoms with Gasteiger partial charge in [0.05, 0.1) is 5.56 Å². The summed E-state index contributed by atoms with van der Waals surface area (Å²) in [6.45, 7) is 0.505. The van der Waals surface area contributed by atoms with Gasteiger partial charge < -0.3 is 4.90 Å². The van der Waals surface area contributed by atoms with Crippen molar-refractivity contribution in [3.8, 4) is 11.1 Å². The highest BCUT2D eigenvalue weighted by molar-refractivity contribution is 7.99. The number of rotatable bonds is 3. The summed E-state index contributed by atoms with van der Waals surface area (Å²) in [5, 5.41) is -0.418. The van der Waals surface area contributed by atoms with Gasteiger partial charge in [0, 0.05) is 17.9 Å². The molecule has 1 heterocycles. The number of alkyl halides is 3. The van der Waals surface area contributed by atoms with Crippen LogP contribution in [0.4, 0.5) is 13.2 Å². The Bertz CT molecular complexity index is 1000. The number of benzene rings is 3. The molecule has 3 aromatic rings. The highest BCUT2D eigenvalue weighted by Gasteiger charge is 2.34. The summed E-state index contributed by atoms with van der Waals surface area (Å²) in [7, 11) is 0. The van der Waals surface area contributed by atoms with E-state index >= 15 is 0 Å². The van der Waals surface area contributed by atoms with Crippen LogP contribution < -0.4 is 0 Å². The van der Waals surface area contributed by atoms with Gasteiger partial charge >= 0.3 is 6.18 Å². The quantitative estimate of drug-likeness (QED) is 0.505. The van der Waals surface area contributed by atoms with Gasteiger partial charge in [-0.1, -0.05) is 54.6 Å². The smallest absolute Gasteiger partial charge is 0.322 e. The van der Waals surface area contributed by atoms with Crippen molar-refractivity contribution in [2.24, 2.45) is 0 Å². The maximum Gasteiger partial charge on any atom is 0.416 e. The normalized spacial score (nSPS) is 16.8. The second-order valence-corrected chi connectivity index (χ2v) is 7.98. The summed E-state index contributed by atoms with van der Waals surface area (Å²) in [5.41, 5.74) is 2.40. The second kappa shape index (κ2) is 7.95. The van der Waals surface area contributed by atoms with E-state index in [1.54, 1.807) is 23.1 Å². The fourth-order valence-electron chi connectivity index (χ4n) is 3.42. The molecule has 3 aromatic carbocycles. The lowest BCUT2D eigenvalue weighted by Crippen LogP contribution is -2.30. The predicted octanol–water partition coefficient (Wildman–Crippen LogP) is 6.26. The molecule has 1 aliphatic heterocycles. The molecule has 0 bridgehead atoms. The highest BCUT2D eigenvalue weighted by atomic mass is 32.2. The molecule has 0 saturated carbocycles. The van der Waals surface area contributed by atoms with Crippen LogP contribution in [0.5, 0.6) is 0 Å². The van der Waals surface area contributed by atoms with Gasteiger partial charge in [0.1, 0.15) is 5.37 Å². The summed E-state index contributed by atoms with van der Waals surface area (Å²) in [5.74, 6) is 0.520. The molecule has 0 aliphatic carbocycles. The summed E-state index contributed by atoms with van der Waals surface area (Å²) >= 11 is 1.48. The van der Waals surface area contributed by atoms with E-state index in [2.05, 4.69) is 0 Å². The molecule has 0 N–H and O–H groups in total. The average molecular weight is 413 g/mol. The lowest BCUT2D eigenvalue weighted by molar-refractivity contribution is -0.137. The summed E-state index contributed by atoms with van der Waals surface area (Å²) < 4.78 is 39.2. The monoisotopic (exact) mass is 413 g/mol. The summed E-state index contributed by atoms with van der Waals surface area (Å²) in [6.07, 6.45) is -4.40. The van der Waals surface area contributed by atoms with Crippen molar-refractivity contribution in [3.63, 3.8) is 0 Å². The first-order chi connectivity index (χ1) is 13.9. The van der Waals surface area contributed by atoms with Crippen molar-refractivity contribution in [3.05, 3.63) is 95.6 Å². The molecule has 1 fully saturated rings. The first-order valence-corrected chi connectivity index (χ1v) is 10.2. The van der Waals surface area contributed by atoms with E-state index in [9.17, 15) is 18.0 Å². The molecule has 148 valence electrons. The van der Waals surface area contributed by atoms with Gasteiger partial charge in [-0.05, 0) is 41.0 Å². The Morgan fingerprint density at radius 3 is 2.28 bits per heavy atom. The molecule has 1 saturated heterocycles. The second-order valence-electron chi connectivity index (χ2n) is 6.79. The van der Waals surface area contributed by atoms with E-state index in [-0.39, 0.29) is 5.91 Å². The first kappa shape index (κ1) is 19.6. The van der Waals surface area contributed by atoms with E-state index < -0.39 is 17.1 Å². The Morgan fingerprint density at radius 2 is 1.59 bits per heavy atom. The molecule has 29 heavy (non-hydrogen) atoms. The van der Waals surface area contributed by atoms with Gasteiger partial charge in [0.2, 0.25) is 0 Å². The molecule has 0 aromatic heterocycles. The van der Waals surface area contributed by atoms with Crippen LogP contribution in [0.15, 0.2) is 78.9 Å². The minimum atomic E-state index is -4.40. The van der Waals surface area contributed by atoms with Crippen molar-refractivity contribution in [2.75, 3.05) is 12.3 Å². The van der Waals surface area contributed by atoms with Crippen LogP contribution >= 0.6 is 11.8 Å². The van der Waals surface area contributed by atoms with Crippen LogP contribution in [0.1, 0.15) is 26.9 Å². The Labute approximate surface area is 171 Å². The Kier molecular flexibility index (Phi) is 5.37. The SMILES string of the molecule is O=C(c1ccc(-c2ccccc2)cc1)N1CCS[C@@H]1c1cccc(C(F)(F)F)c1. The summed E-state index contributed by atoms with van der Waals surface area (Å²) in [6, 6.07) is 22.4. The molecular weight excluding hydrogens is 395 g/mol. The molecule has 0 radical (unpaired) electrons. The Balaban J connectivity index is 1.57. The van der Waals surface area contributed by atoms with Gasteiger partial charge in [0.15, 0.2) is 0 Å². The number of carbonyl (C=O) groups is 1. The van der Waals surface area contributed by atoms with E-state index in [1.807, 2.05) is 42.5 Å². The number of amides is 1. The first-order valence-electron chi connectivity index (χ1n) is 9.19. The highest BCUT2D eigenvalue weighted by Crippen LogP contribution is 2.40. The number of thioether (sulfide) groups is 1. The Hall–Kier alpha value is -2.73. The molecule has 6 heteroatoms. The van der Waals surface area contributed by atoms with Crippen LogP contribution in [0.2, 0.25) is 0 Å². The fourth-order valence-corrected chi connectivity index (χ4v) is 4.67. The van der Waals surface area contributed by atoms with Crippen molar-refractivity contribution in [2.45, 2.75) is 11.6 Å². The third kappa shape index (κ3) is 4.17. The molecule has 1 atom stereocenters. The minimum absolute atomic E-state index is 0.169. The van der Waals surface area contributed by atoms with Gasteiger partial charge in [-0.3, -0.25) is 4.79 Å². The molecule has 0 spiro atoms. The number of halogens is 3. The van der Waals surface area contributed by atoms with Crippen molar-refractivity contribution >= 4 is 17.7 Å². The van der Waals surface area contributed by atoms with E-state index in [0.29, 0.717) is 23.4 Å². The van der Waals surface area contributed by atoms with Crippen LogP contribution in [-0.4, -0.2) is 23.1 Å². The average Bonchev–Trinajstić information content (AvgIpc) is 3.23. The summed E-state index contributed by atoms with van der Waals surface area (Å²) in [4.78, 5) is 14.7. The minimum Gasteiger partial charge on any atom is -0.322 e. The maximum atomic E-state index is 13.1. The maximum absolute atomic E-state index is 13.1. The molecular formula is C23H18F3NOS. The van der Waals surface area contributed by atoms with Gasteiger partial charge in [-0.2, -0.15) is 13.2 Å². The number of hydrogen-bond acceptors (Lipinski definition) is 2. The third-order valence-corrected chi connectivity index (χ3v) is 6.15. The Morgan fingerprint density at radius 1 is 0.897 bits per heavy atom. The van der Waals surface area contributed by atoms with Gasteiger partial charge in [0.25, 0.3) is 5.91 Å². The molecule has 0 unspecified atom stereocenters. The number of hydrogen-bond donors (Lipinski definition) is 0. The van der Waals surface area contributed by atoms with E-state index in [0.717, 1.165) is 23.3 Å². The largest absolute Gasteiger partial charge is 0.416 e. The lowest BCUT2D eigenvalue weighted by atomic mass is 10.0. The molecule has 2 nitrogen and oxygen atoms in total. The van der Waals surface area contributed by atoms with Crippen LogP contribution in [0.25, 0.3) is 11.1 Å². The van der Waals surface area contributed by atoms with Crippen LogP contribution in [-0.2, 0) is 6.18 Å².